The first kappa shape index (κ1) is 28.9. The fourth-order valence-electron chi connectivity index (χ4n) is 6.20. The highest BCUT2D eigenvalue weighted by Crippen LogP contribution is 2.41. The van der Waals surface area contributed by atoms with Crippen molar-refractivity contribution in [2.75, 3.05) is 11.4 Å². The largest absolute Gasteiger partial charge is 0.481 e. The number of para-hydroxylation sites is 2. The molecule has 6 rings (SSSR count). The highest BCUT2D eigenvalue weighted by Gasteiger charge is 2.51. The van der Waals surface area contributed by atoms with Crippen molar-refractivity contribution in [1.82, 2.24) is 10.2 Å². The third-order valence-corrected chi connectivity index (χ3v) is 8.55. The van der Waals surface area contributed by atoms with Crippen molar-refractivity contribution in [3.63, 3.8) is 0 Å². The fraction of sp³-hybridized carbons (Fsp3) is 0.216. The Balaban J connectivity index is 1.31. The zero-order chi connectivity index (χ0) is 30.6. The summed E-state index contributed by atoms with van der Waals surface area (Å²) >= 11 is 0. The van der Waals surface area contributed by atoms with E-state index in [1.165, 1.54) is 0 Å². The summed E-state index contributed by atoms with van der Waals surface area (Å²) in [5, 5.41) is 13.0. The Hall–Kier alpha value is -5.17. The average Bonchev–Trinajstić information content (AvgIpc) is 3.87. The number of carboxylic acid groups (broad SMARTS) is 1. The summed E-state index contributed by atoms with van der Waals surface area (Å²) < 4.78 is 0. The number of hydrogen-bond acceptors (Lipinski definition) is 3. The molecule has 2 N–H and O–H groups in total. The van der Waals surface area contributed by atoms with Crippen LogP contribution in [0.25, 0.3) is 12.2 Å². The summed E-state index contributed by atoms with van der Waals surface area (Å²) in [6.07, 6.45) is 4.94. The van der Waals surface area contributed by atoms with Gasteiger partial charge in [-0.05, 0) is 47.2 Å². The first-order valence-electron chi connectivity index (χ1n) is 15.1. The lowest BCUT2D eigenvalue weighted by molar-refractivity contribution is -0.140. The van der Waals surface area contributed by atoms with Gasteiger partial charge in [0.05, 0.1) is 23.2 Å². The molecule has 4 aromatic carbocycles. The predicted octanol–water partition coefficient (Wildman–Crippen LogP) is 6.93. The van der Waals surface area contributed by atoms with E-state index in [0.29, 0.717) is 12.8 Å². The van der Waals surface area contributed by atoms with Gasteiger partial charge in [0.25, 0.3) is 0 Å². The van der Waals surface area contributed by atoms with E-state index >= 15 is 0 Å². The zero-order valence-corrected chi connectivity index (χ0v) is 24.5. The molecule has 4 aromatic rings. The van der Waals surface area contributed by atoms with Gasteiger partial charge in [-0.1, -0.05) is 116 Å². The Morgan fingerprint density at radius 1 is 0.795 bits per heavy atom. The van der Waals surface area contributed by atoms with Crippen LogP contribution in [0, 0.1) is 5.92 Å². The SMILES string of the molecule is CC[C@H](CNC(=O)N1c2ccccc2C=Cc2ccccc21)N(C(=O)C(c1ccccc1)c1ccccc1)[C@H]1C[C@H]1C(=O)O. The molecular formula is C37H35N3O4. The van der Waals surface area contributed by atoms with E-state index in [1.807, 2.05) is 128 Å². The summed E-state index contributed by atoms with van der Waals surface area (Å²) in [6, 6.07) is 33.5. The quantitative estimate of drug-likeness (QED) is 0.223. The van der Waals surface area contributed by atoms with Crippen molar-refractivity contribution in [2.24, 2.45) is 5.92 Å². The number of urea groups is 1. The number of carboxylic acids is 1. The van der Waals surface area contributed by atoms with Crippen molar-refractivity contribution in [1.29, 1.82) is 0 Å². The van der Waals surface area contributed by atoms with Gasteiger partial charge in [-0.3, -0.25) is 14.5 Å². The average molecular weight is 586 g/mol. The van der Waals surface area contributed by atoms with E-state index in [4.69, 9.17) is 0 Å². The lowest BCUT2D eigenvalue weighted by Gasteiger charge is -2.35. The summed E-state index contributed by atoms with van der Waals surface area (Å²) in [5.74, 6) is -2.31. The number of hydrogen-bond donors (Lipinski definition) is 2. The Bertz CT molecular complexity index is 1600. The molecule has 2 aliphatic rings. The molecule has 7 nitrogen and oxygen atoms in total. The van der Waals surface area contributed by atoms with E-state index in [2.05, 4.69) is 5.32 Å². The van der Waals surface area contributed by atoms with E-state index in [-0.39, 0.29) is 18.5 Å². The highest BCUT2D eigenvalue weighted by atomic mass is 16.4. The number of rotatable bonds is 9. The molecule has 0 spiro atoms. The van der Waals surface area contributed by atoms with Crippen molar-refractivity contribution in [3.8, 4) is 0 Å². The Kier molecular flexibility index (Phi) is 8.28. The number of fused-ring (bicyclic) bond motifs is 2. The number of amides is 3. The molecule has 1 fully saturated rings. The number of aliphatic carboxylic acids is 1. The number of nitrogens with zero attached hydrogens (tertiary/aromatic N) is 2. The maximum Gasteiger partial charge on any atom is 0.326 e. The molecule has 0 saturated heterocycles. The molecule has 222 valence electrons. The third kappa shape index (κ3) is 5.73. The minimum absolute atomic E-state index is 0.160. The minimum Gasteiger partial charge on any atom is -0.481 e. The molecule has 0 unspecified atom stereocenters. The third-order valence-electron chi connectivity index (χ3n) is 8.55. The van der Waals surface area contributed by atoms with Gasteiger partial charge in [-0.15, -0.1) is 0 Å². The van der Waals surface area contributed by atoms with Crippen LogP contribution in [-0.2, 0) is 9.59 Å². The minimum atomic E-state index is -0.909. The van der Waals surface area contributed by atoms with E-state index in [9.17, 15) is 19.5 Å². The van der Waals surface area contributed by atoms with E-state index in [1.54, 1.807) is 9.80 Å². The van der Waals surface area contributed by atoms with Crippen LogP contribution >= 0.6 is 0 Å². The van der Waals surface area contributed by atoms with Gasteiger partial charge in [0.1, 0.15) is 0 Å². The number of nitrogens with one attached hydrogen (secondary N) is 1. The molecule has 44 heavy (non-hydrogen) atoms. The van der Waals surface area contributed by atoms with E-state index < -0.39 is 29.9 Å². The Morgan fingerprint density at radius 3 is 1.77 bits per heavy atom. The normalized spacial score (nSPS) is 17.2. The van der Waals surface area contributed by atoms with Gasteiger partial charge in [0.2, 0.25) is 5.91 Å². The summed E-state index contributed by atoms with van der Waals surface area (Å²) in [4.78, 5) is 44.1. The molecule has 1 aliphatic heterocycles. The second-order valence-electron chi connectivity index (χ2n) is 11.3. The van der Waals surface area contributed by atoms with Crippen LogP contribution in [0.15, 0.2) is 109 Å². The predicted molar refractivity (Wildman–Crippen MR) is 173 cm³/mol. The van der Waals surface area contributed by atoms with Gasteiger partial charge < -0.3 is 15.3 Å². The lowest BCUT2D eigenvalue weighted by Crippen LogP contribution is -2.51. The first-order chi connectivity index (χ1) is 21.5. The summed E-state index contributed by atoms with van der Waals surface area (Å²) in [5.41, 5.74) is 5.02. The smallest absolute Gasteiger partial charge is 0.326 e. The number of benzene rings is 4. The van der Waals surface area contributed by atoms with Gasteiger partial charge in [0.15, 0.2) is 0 Å². The van der Waals surface area contributed by atoms with Crippen LogP contribution < -0.4 is 10.2 Å². The summed E-state index contributed by atoms with van der Waals surface area (Å²) in [6.45, 7) is 2.14. The van der Waals surface area contributed by atoms with Crippen LogP contribution in [0.3, 0.4) is 0 Å². The molecule has 0 bridgehead atoms. The summed E-state index contributed by atoms with van der Waals surface area (Å²) in [7, 11) is 0. The van der Waals surface area contributed by atoms with Gasteiger partial charge in [0, 0.05) is 18.6 Å². The molecule has 7 heteroatoms. The van der Waals surface area contributed by atoms with Crippen LogP contribution in [0.2, 0.25) is 0 Å². The second kappa shape index (κ2) is 12.6. The maximum atomic E-state index is 14.6. The lowest BCUT2D eigenvalue weighted by atomic mass is 9.89. The van der Waals surface area contributed by atoms with Crippen LogP contribution in [-0.4, -0.2) is 46.5 Å². The maximum absolute atomic E-state index is 14.6. The molecule has 3 atom stereocenters. The van der Waals surface area contributed by atoms with Crippen molar-refractivity contribution in [2.45, 2.75) is 37.8 Å². The number of carbonyl (C=O) groups excluding carboxylic acids is 2. The number of carbonyl (C=O) groups is 3. The monoisotopic (exact) mass is 585 g/mol. The van der Waals surface area contributed by atoms with Crippen LogP contribution in [0.1, 0.15) is 47.9 Å². The molecule has 3 amide bonds. The first-order valence-corrected chi connectivity index (χ1v) is 15.1. The van der Waals surface area contributed by atoms with Gasteiger partial charge >= 0.3 is 12.0 Å². The molecular weight excluding hydrogens is 550 g/mol. The van der Waals surface area contributed by atoms with Gasteiger partial charge in [-0.2, -0.15) is 0 Å². The zero-order valence-electron chi connectivity index (χ0n) is 24.5. The molecule has 1 heterocycles. The highest BCUT2D eigenvalue weighted by molar-refractivity contribution is 6.05. The van der Waals surface area contributed by atoms with Gasteiger partial charge in [-0.25, -0.2) is 4.79 Å². The fourth-order valence-corrected chi connectivity index (χ4v) is 6.20. The Morgan fingerprint density at radius 2 is 1.30 bits per heavy atom. The Labute approximate surface area is 257 Å². The second-order valence-corrected chi connectivity index (χ2v) is 11.3. The van der Waals surface area contributed by atoms with Crippen LogP contribution in [0.4, 0.5) is 16.2 Å². The van der Waals surface area contributed by atoms with Crippen molar-refractivity contribution >= 4 is 41.4 Å². The van der Waals surface area contributed by atoms with E-state index in [0.717, 1.165) is 33.6 Å². The van der Waals surface area contributed by atoms with Crippen LogP contribution in [0.5, 0.6) is 0 Å². The molecule has 0 radical (unpaired) electrons. The van der Waals surface area contributed by atoms with Crippen molar-refractivity contribution in [3.05, 3.63) is 131 Å². The van der Waals surface area contributed by atoms with Crippen molar-refractivity contribution < 1.29 is 19.5 Å². The molecule has 1 saturated carbocycles. The number of anilines is 2. The standard InChI is InChI=1S/C37H35N3O4/c1-2-29(24-38-37(44)40-31-19-11-9-13-25(31)21-22-26-14-10-12-20-32(26)40)39(33-23-30(33)36(42)43)35(41)34(27-15-5-3-6-16-27)28-17-7-4-8-18-28/h3-22,29-30,33-34H,2,23-24H2,1H3,(H,38,44)(H,42,43)/t29-,30-,33+/m1/s1. The molecule has 0 aromatic heterocycles. The topological polar surface area (TPSA) is 90.0 Å². The molecule has 1 aliphatic carbocycles.